The average molecular weight is 358 g/mol. The third kappa shape index (κ3) is 3.01. The molecule has 1 fully saturated rings. The summed E-state index contributed by atoms with van der Waals surface area (Å²) in [5, 5.41) is 12.4. The second-order valence-corrected chi connectivity index (χ2v) is 7.46. The highest BCUT2D eigenvalue weighted by Gasteiger charge is 2.24. The summed E-state index contributed by atoms with van der Waals surface area (Å²) in [6.07, 6.45) is 3.48. The van der Waals surface area contributed by atoms with Crippen molar-refractivity contribution in [3.8, 4) is 0 Å². The van der Waals surface area contributed by atoms with E-state index in [1.807, 2.05) is 4.52 Å². The molecule has 1 aliphatic rings. The van der Waals surface area contributed by atoms with Gasteiger partial charge in [-0.25, -0.2) is 4.98 Å². The minimum Gasteiger partial charge on any atom is -0.353 e. The summed E-state index contributed by atoms with van der Waals surface area (Å²) in [6, 6.07) is 17.0. The van der Waals surface area contributed by atoms with Gasteiger partial charge in [0.25, 0.3) is 0 Å². The Bertz CT molecular complexity index is 1080. The predicted molar refractivity (Wildman–Crippen MR) is 106 cm³/mol. The third-order valence-corrected chi connectivity index (χ3v) is 5.54. The third-order valence-electron chi connectivity index (χ3n) is 5.54. The smallest absolute Gasteiger partial charge is 0.222 e. The molecule has 0 bridgehead atoms. The zero-order chi connectivity index (χ0) is 18.2. The molecule has 2 aromatic heterocycles. The number of tetrazole rings is 1. The van der Waals surface area contributed by atoms with Crippen LogP contribution in [-0.2, 0) is 6.42 Å². The molecule has 0 saturated carbocycles. The fourth-order valence-corrected chi connectivity index (χ4v) is 4.06. The van der Waals surface area contributed by atoms with E-state index >= 15 is 0 Å². The Labute approximate surface area is 157 Å². The van der Waals surface area contributed by atoms with Gasteiger partial charge in [0.05, 0.1) is 11.0 Å². The van der Waals surface area contributed by atoms with E-state index in [2.05, 4.69) is 75.9 Å². The van der Waals surface area contributed by atoms with Gasteiger partial charge < -0.3 is 4.90 Å². The molecule has 0 unspecified atom stereocenters. The molecule has 0 aliphatic carbocycles. The summed E-state index contributed by atoms with van der Waals surface area (Å²) >= 11 is 0. The molecular weight excluding hydrogens is 336 g/mol. The zero-order valence-corrected chi connectivity index (χ0v) is 15.4. The monoisotopic (exact) mass is 358 g/mol. The molecular formula is C21H22N6. The quantitative estimate of drug-likeness (QED) is 0.561. The molecule has 6 nitrogen and oxygen atoms in total. The molecule has 5 rings (SSSR count). The number of hydrogen-bond donors (Lipinski definition) is 0. The van der Waals surface area contributed by atoms with E-state index < -0.39 is 0 Å². The molecule has 136 valence electrons. The molecule has 0 atom stereocenters. The first-order valence-corrected chi connectivity index (χ1v) is 9.55. The molecule has 3 heterocycles. The Morgan fingerprint density at radius 1 is 1.04 bits per heavy atom. The molecule has 0 radical (unpaired) electrons. The van der Waals surface area contributed by atoms with Crippen LogP contribution in [0, 0.1) is 12.8 Å². The highest BCUT2D eigenvalue weighted by Crippen LogP contribution is 2.28. The lowest BCUT2D eigenvalue weighted by atomic mass is 9.90. The van der Waals surface area contributed by atoms with Crippen LogP contribution in [0.1, 0.15) is 24.0 Å². The maximum absolute atomic E-state index is 4.91. The number of rotatable bonds is 3. The van der Waals surface area contributed by atoms with Gasteiger partial charge in [0, 0.05) is 13.1 Å². The van der Waals surface area contributed by atoms with Crippen LogP contribution in [0.4, 0.5) is 5.82 Å². The lowest BCUT2D eigenvalue weighted by Gasteiger charge is -2.33. The summed E-state index contributed by atoms with van der Waals surface area (Å²) in [7, 11) is 0. The van der Waals surface area contributed by atoms with Crippen LogP contribution in [0.25, 0.3) is 16.7 Å². The molecule has 1 saturated heterocycles. The highest BCUT2D eigenvalue weighted by atomic mass is 15.5. The molecule has 1 aliphatic heterocycles. The van der Waals surface area contributed by atoms with Crippen molar-refractivity contribution in [3.05, 3.63) is 59.7 Å². The molecule has 0 spiro atoms. The normalized spacial score (nSPS) is 15.7. The molecule has 0 N–H and O–H groups in total. The summed E-state index contributed by atoms with van der Waals surface area (Å²) in [6.45, 7) is 4.05. The molecule has 0 amide bonds. The van der Waals surface area contributed by atoms with E-state index in [1.165, 1.54) is 11.1 Å². The van der Waals surface area contributed by atoms with Gasteiger partial charge in [-0.3, -0.25) is 0 Å². The van der Waals surface area contributed by atoms with E-state index in [0.29, 0.717) is 0 Å². The van der Waals surface area contributed by atoms with Gasteiger partial charge in [-0.05, 0) is 65.8 Å². The predicted octanol–water partition coefficient (Wildman–Crippen LogP) is 3.44. The van der Waals surface area contributed by atoms with Crippen LogP contribution in [0.15, 0.2) is 48.5 Å². The van der Waals surface area contributed by atoms with Gasteiger partial charge in [-0.1, -0.05) is 36.4 Å². The standard InChI is InChI=1S/C21H22N6/c1-15-7-8-18-19(13-15)27-21(23-24-25-27)20(22-18)26-11-9-17(10-12-26)14-16-5-3-2-4-6-16/h2-8,13,17H,9-12,14H2,1H3. The van der Waals surface area contributed by atoms with Crippen molar-refractivity contribution in [2.24, 2.45) is 5.92 Å². The van der Waals surface area contributed by atoms with Crippen molar-refractivity contribution in [1.82, 2.24) is 25.0 Å². The highest BCUT2D eigenvalue weighted by molar-refractivity contribution is 5.82. The van der Waals surface area contributed by atoms with Gasteiger partial charge in [0.2, 0.25) is 5.65 Å². The first kappa shape index (κ1) is 16.2. The number of anilines is 1. The SMILES string of the molecule is Cc1ccc2nc(N3CCC(Cc4ccccc4)CC3)c3nnnn3c2c1. The van der Waals surface area contributed by atoms with Gasteiger partial charge in [0.15, 0.2) is 5.82 Å². The lowest BCUT2D eigenvalue weighted by molar-refractivity contribution is 0.402. The maximum atomic E-state index is 4.91. The lowest BCUT2D eigenvalue weighted by Crippen LogP contribution is -2.35. The number of benzene rings is 2. The zero-order valence-electron chi connectivity index (χ0n) is 15.4. The van der Waals surface area contributed by atoms with Crippen LogP contribution in [0.5, 0.6) is 0 Å². The van der Waals surface area contributed by atoms with Crippen molar-refractivity contribution in [2.75, 3.05) is 18.0 Å². The van der Waals surface area contributed by atoms with Crippen molar-refractivity contribution in [3.63, 3.8) is 0 Å². The molecule has 4 aromatic rings. The number of aromatic nitrogens is 5. The van der Waals surface area contributed by atoms with Gasteiger partial charge in [-0.2, -0.15) is 4.52 Å². The molecule has 27 heavy (non-hydrogen) atoms. The Kier molecular flexibility index (Phi) is 3.96. The topological polar surface area (TPSA) is 59.2 Å². The van der Waals surface area contributed by atoms with Gasteiger partial charge in [-0.15, -0.1) is 5.10 Å². The van der Waals surface area contributed by atoms with Crippen LogP contribution in [0.2, 0.25) is 0 Å². The minimum absolute atomic E-state index is 0.721. The van der Waals surface area contributed by atoms with E-state index in [4.69, 9.17) is 4.98 Å². The number of nitrogens with zero attached hydrogens (tertiary/aromatic N) is 6. The molecule has 2 aromatic carbocycles. The van der Waals surface area contributed by atoms with Gasteiger partial charge >= 0.3 is 0 Å². The summed E-state index contributed by atoms with van der Waals surface area (Å²) in [5.74, 6) is 1.62. The minimum atomic E-state index is 0.721. The van der Waals surface area contributed by atoms with Crippen molar-refractivity contribution >= 4 is 22.5 Å². The van der Waals surface area contributed by atoms with Crippen LogP contribution < -0.4 is 4.90 Å². The van der Waals surface area contributed by atoms with Crippen LogP contribution in [-0.4, -0.2) is 38.1 Å². The summed E-state index contributed by atoms with van der Waals surface area (Å²) < 4.78 is 1.82. The van der Waals surface area contributed by atoms with Crippen molar-refractivity contribution in [1.29, 1.82) is 0 Å². The van der Waals surface area contributed by atoms with Crippen LogP contribution in [0.3, 0.4) is 0 Å². The average Bonchev–Trinajstić information content (AvgIpc) is 3.19. The number of fused-ring (bicyclic) bond motifs is 3. The van der Waals surface area contributed by atoms with E-state index in [-0.39, 0.29) is 0 Å². The van der Waals surface area contributed by atoms with E-state index in [1.54, 1.807) is 0 Å². The molecule has 6 heteroatoms. The number of aryl methyl sites for hydroxylation is 1. The summed E-state index contributed by atoms with van der Waals surface area (Å²) in [4.78, 5) is 7.25. The second-order valence-electron chi connectivity index (χ2n) is 7.46. The Morgan fingerprint density at radius 3 is 2.67 bits per heavy atom. The van der Waals surface area contributed by atoms with Gasteiger partial charge in [0.1, 0.15) is 0 Å². The van der Waals surface area contributed by atoms with E-state index in [0.717, 1.165) is 60.8 Å². The van der Waals surface area contributed by atoms with Crippen LogP contribution >= 0.6 is 0 Å². The fraction of sp³-hybridized carbons (Fsp3) is 0.333. The largest absolute Gasteiger partial charge is 0.353 e. The van der Waals surface area contributed by atoms with E-state index in [9.17, 15) is 0 Å². The second kappa shape index (κ2) is 6.61. The Balaban J connectivity index is 1.41. The van der Waals surface area contributed by atoms with Crippen molar-refractivity contribution < 1.29 is 0 Å². The van der Waals surface area contributed by atoms with Crippen molar-refractivity contribution in [2.45, 2.75) is 26.2 Å². The summed E-state index contributed by atoms with van der Waals surface area (Å²) in [5.41, 5.74) is 5.24. The number of piperidine rings is 1. The number of hydrogen-bond acceptors (Lipinski definition) is 5. The fourth-order valence-electron chi connectivity index (χ4n) is 4.06. The maximum Gasteiger partial charge on any atom is 0.222 e. The Morgan fingerprint density at radius 2 is 1.85 bits per heavy atom. The first-order valence-electron chi connectivity index (χ1n) is 9.55. The Hall–Kier alpha value is -3.02. The first-order chi connectivity index (χ1) is 13.3.